The van der Waals surface area contributed by atoms with Crippen LogP contribution in [-0.4, -0.2) is 33.5 Å². The fourth-order valence-electron chi connectivity index (χ4n) is 1.18. The number of anilines is 1. The van der Waals surface area contributed by atoms with Crippen LogP contribution < -0.4 is 16.6 Å². The second-order valence-corrected chi connectivity index (χ2v) is 3.28. The summed E-state index contributed by atoms with van der Waals surface area (Å²) in [5.74, 6) is -0.562. The van der Waals surface area contributed by atoms with Gasteiger partial charge in [-0.15, -0.1) is 5.10 Å². The molecule has 0 aliphatic carbocycles. The Kier molecular flexibility index (Phi) is 4.02. The van der Waals surface area contributed by atoms with Gasteiger partial charge in [0.25, 0.3) is 5.56 Å². The number of carbonyl (C=O) groups excluding carboxylic acids is 1. The minimum Gasteiger partial charge on any atom is -0.465 e. The Bertz CT molecular complexity index is 531. The molecular weight excluding hydrogens is 228 g/mol. The molecule has 1 rings (SSSR count). The van der Waals surface area contributed by atoms with Crippen LogP contribution >= 0.6 is 0 Å². The van der Waals surface area contributed by atoms with Crippen molar-refractivity contribution in [2.45, 2.75) is 6.92 Å². The lowest BCUT2D eigenvalue weighted by atomic mass is 10.6. The average molecular weight is 242 g/mol. The first-order valence-corrected chi connectivity index (χ1v) is 5.01. The van der Waals surface area contributed by atoms with Crippen LogP contribution in [0.3, 0.4) is 0 Å². The smallest absolute Gasteiger partial charge is 0.346 e. The molecule has 17 heavy (non-hydrogen) atoms. The molecule has 0 bridgehead atoms. The SMILES string of the molecule is CCOC(=O)CNc1nn(C)c(=O)n(C)c1=O. The minimum absolute atomic E-state index is 0.0670. The molecule has 0 unspecified atom stereocenters. The van der Waals surface area contributed by atoms with Gasteiger partial charge in [-0.3, -0.25) is 14.2 Å². The Morgan fingerprint density at radius 1 is 1.41 bits per heavy atom. The van der Waals surface area contributed by atoms with Gasteiger partial charge in [0, 0.05) is 14.1 Å². The van der Waals surface area contributed by atoms with Crippen molar-refractivity contribution in [2.75, 3.05) is 18.5 Å². The highest BCUT2D eigenvalue weighted by Crippen LogP contribution is 1.89. The summed E-state index contributed by atoms with van der Waals surface area (Å²) in [6.07, 6.45) is 0. The zero-order valence-corrected chi connectivity index (χ0v) is 9.89. The highest BCUT2D eigenvalue weighted by Gasteiger charge is 2.09. The van der Waals surface area contributed by atoms with Gasteiger partial charge in [-0.05, 0) is 6.92 Å². The quantitative estimate of drug-likeness (QED) is 0.642. The molecule has 1 aromatic heterocycles. The van der Waals surface area contributed by atoms with Gasteiger partial charge in [0.15, 0.2) is 0 Å². The van der Waals surface area contributed by atoms with Crippen molar-refractivity contribution in [1.29, 1.82) is 0 Å². The van der Waals surface area contributed by atoms with Crippen LogP contribution in [0.5, 0.6) is 0 Å². The summed E-state index contributed by atoms with van der Waals surface area (Å²) in [5, 5.41) is 6.24. The number of ether oxygens (including phenoxy) is 1. The molecule has 0 radical (unpaired) electrons. The van der Waals surface area contributed by atoms with Gasteiger partial charge >= 0.3 is 11.7 Å². The lowest BCUT2D eigenvalue weighted by Gasteiger charge is -2.07. The Morgan fingerprint density at radius 2 is 2.06 bits per heavy atom. The van der Waals surface area contributed by atoms with Gasteiger partial charge in [-0.25, -0.2) is 9.48 Å². The maximum absolute atomic E-state index is 11.6. The monoisotopic (exact) mass is 242 g/mol. The summed E-state index contributed by atoms with van der Waals surface area (Å²) in [6, 6.07) is 0. The molecule has 0 saturated heterocycles. The molecule has 94 valence electrons. The molecule has 0 spiro atoms. The Hall–Kier alpha value is -2.12. The molecule has 0 aromatic carbocycles. The molecule has 0 aliphatic rings. The van der Waals surface area contributed by atoms with Gasteiger partial charge in [-0.2, -0.15) is 0 Å². The molecule has 8 heteroatoms. The van der Waals surface area contributed by atoms with Gasteiger partial charge in [0.1, 0.15) is 6.54 Å². The van der Waals surface area contributed by atoms with E-state index in [-0.39, 0.29) is 19.0 Å². The largest absolute Gasteiger partial charge is 0.465 e. The second-order valence-electron chi connectivity index (χ2n) is 3.28. The van der Waals surface area contributed by atoms with Crippen molar-refractivity contribution in [3.8, 4) is 0 Å². The Labute approximate surface area is 96.8 Å². The van der Waals surface area contributed by atoms with E-state index in [1.807, 2.05) is 0 Å². The summed E-state index contributed by atoms with van der Waals surface area (Å²) in [5.41, 5.74) is -1.12. The number of aromatic nitrogens is 3. The number of hydrogen-bond donors (Lipinski definition) is 1. The maximum Gasteiger partial charge on any atom is 0.346 e. The van der Waals surface area contributed by atoms with E-state index in [2.05, 4.69) is 15.2 Å². The molecule has 8 nitrogen and oxygen atoms in total. The van der Waals surface area contributed by atoms with Crippen LogP contribution in [0, 0.1) is 0 Å². The topological polar surface area (TPSA) is 95.2 Å². The van der Waals surface area contributed by atoms with E-state index >= 15 is 0 Å². The molecule has 1 N–H and O–H groups in total. The van der Waals surface area contributed by atoms with Crippen LogP contribution in [-0.2, 0) is 23.6 Å². The third-order valence-corrected chi connectivity index (χ3v) is 2.03. The van der Waals surface area contributed by atoms with Crippen LogP contribution in [0.4, 0.5) is 5.82 Å². The summed E-state index contributed by atoms with van der Waals surface area (Å²) in [7, 11) is 2.75. The van der Waals surface area contributed by atoms with Gasteiger partial charge in [-0.1, -0.05) is 0 Å². The van der Waals surface area contributed by atoms with Crippen molar-refractivity contribution < 1.29 is 9.53 Å². The summed E-state index contributed by atoms with van der Waals surface area (Å²) < 4.78 is 6.59. The highest BCUT2D eigenvalue weighted by atomic mass is 16.5. The normalized spacial score (nSPS) is 10.1. The van der Waals surface area contributed by atoms with Crippen LogP contribution in [0.1, 0.15) is 6.92 Å². The molecule has 1 heterocycles. The van der Waals surface area contributed by atoms with Gasteiger partial charge < -0.3 is 10.1 Å². The summed E-state index contributed by atoms with van der Waals surface area (Å²) >= 11 is 0. The van der Waals surface area contributed by atoms with Gasteiger partial charge in [0.2, 0.25) is 5.82 Å². The molecule has 0 atom stereocenters. The number of nitrogens with zero attached hydrogens (tertiary/aromatic N) is 3. The fraction of sp³-hybridized carbons (Fsp3) is 0.556. The van der Waals surface area contributed by atoms with E-state index in [0.717, 1.165) is 9.25 Å². The summed E-state index contributed by atoms with van der Waals surface area (Å²) in [6.45, 7) is 1.77. The number of esters is 1. The molecular formula is C9H14N4O4. The summed E-state index contributed by atoms with van der Waals surface area (Å²) in [4.78, 5) is 34.0. The predicted molar refractivity (Wildman–Crippen MR) is 59.8 cm³/mol. The van der Waals surface area contributed by atoms with Crippen molar-refractivity contribution in [3.05, 3.63) is 20.8 Å². The Morgan fingerprint density at radius 3 is 2.65 bits per heavy atom. The molecule has 0 aliphatic heterocycles. The minimum atomic E-state index is -0.586. The molecule has 0 saturated carbocycles. The fourth-order valence-corrected chi connectivity index (χ4v) is 1.18. The molecule has 0 amide bonds. The van der Waals surface area contributed by atoms with E-state index in [0.29, 0.717) is 0 Å². The van der Waals surface area contributed by atoms with Crippen molar-refractivity contribution in [1.82, 2.24) is 14.3 Å². The molecule has 1 aromatic rings. The second kappa shape index (κ2) is 5.28. The lowest BCUT2D eigenvalue weighted by Crippen LogP contribution is -2.40. The average Bonchev–Trinajstić information content (AvgIpc) is 2.30. The van der Waals surface area contributed by atoms with Gasteiger partial charge in [0.05, 0.1) is 6.61 Å². The number of carbonyl (C=O) groups is 1. The van der Waals surface area contributed by atoms with E-state index in [9.17, 15) is 14.4 Å². The third kappa shape index (κ3) is 2.92. The number of rotatable bonds is 4. The lowest BCUT2D eigenvalue weighted by molar-refractivity contribution is -0.140. The predicted octanol–water partition coefficient (Wildman–Crippen LogP) is -1.55. The van der Waals surface area contributed by atoms with Crippen LogP contribution in [0.25, 0.3) is 0 Å². The van der Waals surface area contributed by atoms with E-state index in [4.69, 9.17) is 0 Å². The standard InChI is InChI=1S/C9H14N4O4/c1-4-17-6(14)5-10-7-8(15)12(2)9(16)13(3)11-7/h4-5H2,1-3H3,(H,10,11). The maximum atomic E-state index is 11.6. The van der Waals surface area contributed by atoms with Crippen molar-refractivity contribution >= 4 is 11.8 Å². The van der Waals surface area contributed by atoms with E-state index in [1.54, 1.807) is 6.92 Å². The first-order valence-electron chi connectivity index (χ1n) is 5.01. The van der Waals surface area contributed by atoms with E-state index < -0.39 is 17.2 Å². The highest BCUT2D eigenvalue weighted by molar-refractivity contribution is 5.74. The third-order valence-electron chi connectivity index (χ3n) is 2.03. The number of aryl methyl sites for hydroxylation is 1. The molecule has 0 fully saturated rings. The number of nitrogens with one attached hydrogen (secondary N) is 1. The van der Waals surface area contributed by atoms with Crippen molar-refractivity contribution in [2.24, 2.45) is 14.1 Å². The first-order chi connectivity index (χ1) is 7.97. The zero-order chi connectivity index (χ0) is 13.0. The van der Waals surface area contributed by atoms with Crippen LogP contribution in [0.2, 0.25) is 0 Å². The Balaban J connectivity index is 2.90. The van der Waals surface area contributed by atoms with E-state index in [1.165, 1.54) is 14.1 Å². The zero-order valence-electron chi connectivity index (χ0n) is 9.89. The number of hydrogen-bond acceptors (Lipinski definition) is 6. The van der Waals surface area contributed by atoms with Crippen LogP contribution in [0.15, 0.2) is 9.59 Å². The first kappa shape index (κ1) is 12.9. The van der Waals surface area contributed by atoms with Crippen molar-refractivity contribution in [3.63, 3.8) is 0 Å².